The average Bonchev–Trinajstić information content (AvgIpc) is 3.89. The Morgan fingerprint density at radius 1 is 1.07 bits per heavy atom. The number of piperazine rings is 1. The number of unbranched alkanes of at least 4 members (excludes halogenated alkanes) is 2. The first-order valence-electron chi connectivity index (χ1n) is 21.2. The van der Waals surface area contributed by atoms with E-state index in [4.69, 9.17) is 18.9 Å². The van der Waals surface area contributed by atoms with Gasteiger partial charge in [-0.15, -0.1) is 0 Å². The van der Waals surface area contributed by atoms with E-state index in [-0.39, 0.29) is 68.2 Å². The summed E-state index contributed by atoms with van der Waals surface area (Å²) in [5.74, 6) is -1.62. The van der Waals surface area contributed by atoms with E-state index in [2.05, 4.69) is 0 Å². The minimum absolute atomic E-state index is 0.0183. The summed E-state index contributed by atoms with van der Waals surface area (Å²) in [7, 11) is 1.51. The highest BCUT2D eigenvalue weighted by molar-refractivity contribution is 6.12. The van der Waals surface area contributed by atoms with Gasteiger partial charge < -0.3 is 44.1 Å². The number of aliphatic hydroxyl groups excluding tert-OH is 2. The number of imide groups is 1. The minimum Gasteiger partial charge on any atom is -0.457 e. The third kappa shape index (κ3) is 13.8. The van der Waals surface area contributed by atoms with Crippen molar-refractivity contribution in [2.24, 2.45) is 11.8 Å². The molecule has 0 spiro atoms. The molecule has 0 aliphatic carbocycles. The maximum absolute atomic E-state index is 13.6. The van der Waals surface area contributed by atoms with Crippen LogP contribution < -0.4 is 0 Å². The van der Waals surface area contributed by atoms with E-state index in [1.165, 1.54) is 24.2 Å². The lowest BCUT2D eigenvalue weighted by atomic mass is 9.88. The Kier molecular flexibility index (Phi) is 17.5. The molecular weight excluding hydrogens is 762 g/mol. The van der Waals surface area contributed by atoms with Gasteiger partial charge in [-0.25, -0.2) is 4.79 Å². The highest BCUT2D eigenvalue weighted by Crippen LogP contribution is 2.38. The van der Waals surface area contributed by atoms with Crippen LogP contribution in [0.4, 0.5) is 4.79 Å². The third-order valence-corrected chi connectivity index (χ3v) is 12.1. The maximum atomic E-state index is 13.6. The van der Waals surface area contributed by atoms with Crippen LogP contribution in [0.2, 0.25) is 0 Å². The van der Waals surface area contributed by atoms with Crippen LogP contribution in [0.15, 0.2) is 48.1 Å². The van der Waals surface area contributed by atoms with Crippen LogP contribution in [0.3, 0.4) is 0 Å². The van der Waals surface area contributed by atoms with Crippen LogP contribution in [-0.4, -0.2) is 147 Å². The Morgan fingerprint density at radius 2 is 1.73 bits per heavy atom. The molecule has 0 saturated carbocycles. The van der Waals surface area contributed by atoms with Crippen molar-refractivity contribution in [3.05, 3.63) is 48.1 Å². The molecule has 4 amide bonds. The fraction of sp³-hybridized carbons (Fsp3) is 0.705. The van der Waals surface area contributed by atoms with Gasteiger partial charge in [0.05, 0.1) is 36.4 Å². The maximum Gasteiger partial charge on any atom is 0.410 e. The molecule has 4 aliphatic rings. The lowest BCUT2D eigenvalue weighted by molar-refractivity contribution is -0.151. The lowest BCUT2D eigenvalue weighted by Gasteiger charge is -2.38. The fourth-order valence-corrected chi connectivity index (χ4v) is 7.86. The standard InChI is InChI=1S/C44H67N3O12/c1-8-33(49)31(4)41-34(57-41)28-43(5,55)20-12-13-29(2)40-30(3)15-16-35(44(6,56-7)21-19-32(48)27-39(53)59-40)58-42(54)46-25-23-45(24-26-46)36(50)14-10-9-11-22-47-37(51)17-18-38(47)52/h12-13,15-18,20,30-35,40-41,48-49,55H,8-11,14,19,21-28H2,1-7H3/b16-15+,20-12+,29-13+/t30-,31+,32+,33-,34+,35-,40+,41+,43?,44+/m0/s1. The molecule has 4 rings (SSSR count). The van der Waals surface area contributed by atoms with Crippen LogP contribution in [0, 0.1) is 11.8 Å². The van der Waals surface area contributed by atoms with Gasteiger partial charge in [0.15, 0.2) is 6.10 Å². The van der Waals surface area contributed by atoms with Crippen LogP contribution in [0.1, 0.15) is 99.3 Å². The Balaban J connectivity index is 1.36. The largest absolute Gasteiger partial charge is 0.457 e. The van der Waals surface area contributed by atoms with Crippen LogP contribution in [0.5, 0.6) is 0 Å². The summed E-state index contributed by atoms with van der Waals surface area (Å²) in [4.78, 5) is 67.5. The number of esters is 1. The first-order chi connectivity index (χ1) is 27.9. The number of aliphatic hydroxyl groups is 3. The van der Waals surface area contributed by atoms with Gasteiger partial charge in [0.25, 0.3) is 11.8 Å². The van der Waals surface area contributed by atoms with E-state index in [1.54, 1.807) is 48.0 Å². The van der Waals surface area contributed by atoms with E-state index in [1.807, 2.05) is 33.8 Å². The van der Waals surface area contributed by atoms with Gasteiger partial charge in [0, 0.05) is 76.7 Å². The predicted molar refractivity (Wildman–Crippen MR) is 218 cm³/mol. The zero-order valence-electron chi connectivity index (χ0n) is 35.9. The Bertz CT molecular complexity index is 1580. The van der Waals surface area contributed by atoms with E-state index in [0.717, 1.165) is 0 Å². The first kappa shape index (κ1) is 47.8. The number of hydrogen-bond acceptors (Lipinski definition) is 12. The van der Waals surface area contributed by atoms with Crippen molar-refractivity contribution in [1.82, 2.24) is 14.7 Å². The molecule has 0 radical (unpaired) electrons. The first-order valence-corrected chi connectivity index (χ1v) is 21.2. The van der Waals surface area contributed by atoms with Crippen molar-refractivity contribution in [2.75, 3.05) is 39.8 Å². The average molecular weight is 830 g/mol. The van der Waals surface area contributed by atoms with Gasteiger partial charge in [0.1, 0.15) is 11.7 Å². The second-order valence-electron chi connectivity index (χ2n) is 17.0. The molecule has 15 heteroatoms. The van der Waals surface area contributed by atoms with E-state index in [9.17, 15) is 39.3 Å². The number of carbonyl (C=O) groups excluding carboxylic acids is 5. The zero-order chi connectivity index (χ0) is 43.5. The molecule has 3 N–H and O–H groups in total. The number of rotatable bonds is 16. The highest BCUT2D eigenvalue weighted by atomic mass is 16.6. The normalized spacial score (nSPS) is 31.0. The number of ether oxygens (including phenoxy) is 4. The summed E-state index contributed by atoms with van der Waals surface area (Å²) in [5, 5.41) is 32.1. The quantitative estimate of drug-likeness (QED) is 0.0506. The molecule has 330 valence electrons. The molecule has 15 nitrogen and oxygen atoms in total. The number of nitrogens with zero attached hydrogens (tertiary/aromatic N) is 3. The lowest BCUT2D eigenvalue weighted by Crippen LogP contribution is -2.52. The molecule has 4 heterocycles. The van der Waals surface area contributed by atoms with Crippen LogP contribution in [-0.2, 0) is 38.1 Å². The molecule has 0 bridgehead atoms. The van der Waals surface area contributed by atoms with E-state index in [0.29, 0.717) is 63.7 Å². The van der Waals surface area contributed by atoms with Gasteiger partial charge in [-0.3, -0.25) is 24.1 Å². The fourth-order valence-electron chi connectivity index (χ4n) is 7.86. The third-order valence-electron chi connectivity index (χ3n) is 12.1. The van der Waals surface area contributed by atoms with Crippen molar-refractivity contribution in [3.8, 4) is 0 Å². The monoisotopic (exact) mass is 829 g/mol. The number of amides is 4. The summed E-state index contributed by atoms with van der Waals surface area (Å²) in [6.45, 7) is 12.6. The van der Waals surface area contributed by atoms with Crippen molar-refractivity contribution in [2.45, 2.75) is 147 Å². The summed E-state index contributed by atoms with van der Waals surface area (Å²) in [6.07, 6.45) is 10.8. The van der Waals surface area contributed by atoms with Gasteiger partial charge in [-0.2, -0.15) is 0 Å². The molecule has 2 saturated heterocycles. The Labute approximate surface area is 349 Å². The molecule has 10 atom stereocenters. The molecule has 1 unspecified atom stereocenters. The number of carbonyl (C=O) groups is 5. The molecule has 0 aromatic rings. The van der Waals surface area contributed by atoms with Gasteiger partial charge in [-0.1, -0.05) is 51.5 Å². The zero-order valence-corrected chi connectivity index (χ0v) is 35.9. The summed E-state index contributed by atoms with van der Waals surface area (Å²) >= 11 is 0. The Hall–Kier alpha value is -3.89. The molecule has 0 aromatic carbocycles. The molecule has 59 heavy (non-hydrogen) atoms. The number of cyclic esters (lactones) is 1. The number of methoxy groups -OCH3 is 1. The summed E-state index contributed by atoms with van der Waals surface area (Å²) in [5.41, 5.74) is -1.54. The van der Waals surface area contributed by atoms with Gasteiger partial charge >= 0.3 is 12.1 Å². The van der Waals surface area contributed by atoms with Crippen molar-refractivity contribution in [3.63, 3.8) is 0 Å². The number of epoxide rings is 1. The second kappa shape index (κ2) is 21.6. The Morgan fingerprint density at radius 3 is 2.37 bits per heavy atom. The number of allylic oxidation sites excluding steroid dienone is 2. The van der Waals surface area contributed by atoms with Crippen molar-refractivity contribution < 1.29 is 58.2 Å². The number of hydrogen-bond donors (Lipinski definition) is 3. The molecule has 2 fully saturated rings. The predicted octanol–water partition coefficient (Wildman–Crippen LogP) is 3.99. The summed E-state index contributed by atoms with van der Waals surface area (Å²) < 4.78 is 23.7. The van der Waals surface area contributed by atoms with E-state index < -0.39 is 53.6 Å². The van der Waals surface area contributed by atoms with Gasteiger partial charge in [-0.05, 0) is 64.5 Å². The van der Waals surface area contributed by atoms with E-state index >= 15 is 0 Å². The molecular formula is C44H67N3O12. The minimum atomic E-state index is -1.18. The topological polar surface area (TPSA) is 196 Å². The highest BCUT2D eigenvalue weighted by Gasteiger charge is 2.47. The second-order valence-corrected chi connectivity index (χ2v) is 17.0. The summed E-state index contributed by atoms with van der Waals surface area (Å²) in [6, 6.07) is 0. The SMILES string of the molecule is CC[C@H](O)[C@@H](C)[C@H]1O[C@@H]1CC(C)(O)/C=C/C=C(\C)[C@H]1OC(=O)C[C@H](O)CC[C@@](C)(OC)[C@@H](OC(=O)N2CCN(C(=O)CCCCCN3C(=O)C=CC3=O)CC2)/C=C/[C@@H]1C. The van der Waals surface area contributed by atoms with Crippen molar-refractivity contribution >= 4 is 29.8 Å². The molecule has 0 aromatic heterocycles. The van der Waals surface area contributed by atoms with Crippen LogP contribution >= 0.6 is 0 Å². The van der Waals surface area contributed by atoms with Crippen LogP contribution in [0.25, 0.3) is 0 Å². The van der Waals surface area contributed by atoms with Gasteiger partial charge in [0.2, 0.25) is 5.91 Å². The molecule has 4 aliphatic heterocycles. The smallest absolute Gasteiger partial charge is 0.410 e. The van der Waals surface area contributed by atoms with Crippen molar-refractivity contribution in [1.29, 1.82) is 0 Å².